The van der Waals surface area contributed by atoms with Crippen LogP contribution in [0.4, 0.5) is 4.79 Å². The largest absolute Gasteiger partial charge is 0.444 e. The van der Waals surface area contributed by atoms with Crippen LogP contribution in [0.5, 0.6) is 0 Å². The summed E-state index contributed by atoms with van der Waals surface area (Å²) < 4.78 is 5.28. The predicted molar refractivity (Wildman–Crippen MR) is 68.2 cm³/mol. The molecule has 1 heterocycles. The molecule has 5 heteroatoms. The van der Waals surface area contributed by atoms with Gasteiger partial charge in [-0.15, -0.1) is 0 Å². The lowest BCUT2D eigenvalue weighted by molar-refractivity contribution is -0.0132. The van der Waals surface area contributed by atoms with Crippen LogP contribution in [0.1, 0.15) is 34.1 Å². The molecule has 0 spiro atoms. The van der Waals surface area contributed by atoms with E-state index >= 15 is 0 Å². The van der Waals surface area contributed by atoms with Crippen molar-refractivity contribution in [3.63, 3.8) is 0 Å². The second kappa shape index (κ2) is 5.71. The van der Waals surface area contributed by atoms with Gasteiger partial charge in [-0.1, -0.05) is 11.6 Å². The lowest BCUT2D eigenvalue weighted by Crippen LogP contribution is -2.50. The summed E-state index contributed by atoms with van der Waals surface area (Å²) in [4.78, 5) is 13.4. The van der Waals surface area contributed by atoms with E-state index in [1.165, 1.54) is 4.90 Å². The number of carbonyl (C=O) groups excluding carboxylic acids is 1. The van der Waals surface area contributed by atoms with Crippen LogP contribution in [0.3, 0.4) is 0 Å². The van der Waals surface area contributed by atoms with E-state index in [9.17, 15) is 15.0 Å². The van der Waals surface area contributed by atoms with Gasteiger partial charge >= 0.3 is 6.09 Å². The van der Waals surface area contributed by atoms with Gasteiger partial charge in [-0.25, -0.2) is 4.79 Å². The van der Waals surface area contributed by atoms with Crippen molar-refractivity contribution in [3.05, 3.63) is 11.6 Å². The van der Waals surface area contributed by atoms with Crippen LogP contribution in [-0.4, -0.2) is 52.1 Å². The summed E-state index contributed by atoms with van der Waals surface area (Å²) in [6, 6.07) is -0.617. The highest BCUT2D eigenvalue weighted by Crippen LogP contribution is 2.20. The Balaban J connectivity index is 2.85. The van der Waals surface area contributed by atoms with Crippen LogP contribution in [0.15, 0.2) is 11.6 Å². The van der Waals surface area contributed by atoms with Gasteiger partial charge in [-0.2, -0.15) is 0 Å². The van der Waals surface area contributed by atoms with Gasteiger partial charge in [-0.05, 0) is 34.1 Å². The fourth-order valence-corrected chi connectivity index (χ4v) is 1.90. The first-order valence-electron chi connectivity index (χ1n) is 6.19. The molecule has 104 valence electrons. The Labute approximate surface area is 108 Å². The minimum absolute atomic E-state index is 0.276. The van der Waals surface area contributed by atoms with Crippen LogP contribution in [0.2, 0.25) is 0 Å². The second-order valence-corrected chi connectivity index (χ2v) is 5.70. The van der Waals surface area contributed by atoms with Crippen LogP contribution in [0.25, 0.3) is 0 Å². The van der Waals surface area contributed by atoms with E-state index in [1.807, 2.05) is 13.0 Å². The summed E-state index contributed by atoms with van der Waals surface area (Å²) in [6.07, 6.45) is 1.07. The topological polar surface area (TPSA) is 70.0 Å². The van der Waals surface area contributed by atoms with Crippen molar-refractivity contribution in [2.45, 2.75) is 51.9 Å². The smallest absolute Gasteiger partial charge is 0.410 e. The van der Waals surface area contributed by atoms with Gasteiger partial charge in [0.15, 0.2) is 0 Å². The zero-order valence-corrected chi connectivity index (χ0v) is 11.5. The predicted octanol–water partition coefficient (Wildman–Crippen LogP) is 1.30. The number of nitrogens with zero attached hydrogens (tertiary/aromatic N) is 1. The number of amides is 1. The first-order chi connectivity index (χ1) is 8.24. The molecule has 0 radical (unpaired) electrons. The van der Waals surface area contributed by atoms with Crippen LogP contribution >= 0.6 is 0 Å². The highest BCUT2D eigenvalue weighted by atomic mass is 16.6. The Morgan fingerprint density at radius 3 is 2.67 bits per heavy atom. The summed E-state index contributed by atoms with van der Waals surface area (Å²) in [5.74, 6) is 0. The fourth-order valence-electron chi connectivity index (χ4n) is 1.90. The zero-order valence-electron chi connectivity index (χ0n) is 11.5. The molecule has 1 rings (SSSR count). The van der Waals surface area contributed by atoms with E-state index in [1.54, 1.807) is 20.8 Å². The molecule has 1 amide bonds. The van der Waals surface area contributed by atoms with Crippen molar-refractivity contribution in [2.75, 3.05) is 13.2 Å². The molecule has 0 bridgehead atoms. The molecule has 5 nitrogen and oxygen atoms in total. The molecule has 0 saturated heterocycles. The first-order valence-corrected chi connectivity index (χ1v) is 6.19. The number of hydrogen-bond donors (Lipinski definition) is 2. The summed E-state index contributed by atoms with van der Waals surface area (Å²) in [7, 11) is 0. The molecule has 0 fully saturated rings. The van der Waals surface area contributed by atoms with E-state index in [0.717, 1.165) is 5.57 Å². The van der Waals surface area contributed by atoms with Gasteiger partial charge in [0.05, 0.1) is 18.8 Å². The SMILES string of the molecule is CC1=CCN(C(=O)OC(C)(C)C)[C@@H](CO)[C@H](O)C1. The molecule has 1 aliphatic rings. The van der Waals surface area contributed by atoms with Crippen molar-refractivity contribution in [3.8, 4) is 0 Å². The number of aliphatic hydroxyl groups excluding tert-OH is 2. The van der Waals surface area contributed by atoms with E-state index < -0.39 is 23.8 Å². The molecule has 18 heavy (non-hydrogen) atoms. The maximum Gasteiger partial charge on any atom is 0.410 e. The molecule has 0 saturated carbocycles. The van der Waals surface area contributed by atoms with Gasteiger partial charge in [0.2, 0.25) is 0 Å². The fraction of sp³-hybridized carbons (Fsp3) is 0.769. The first kappa shape index (κ1) is 15.0. The summed E-state index contributed by atoms with van der Waals surface area (Å²) in [5, 5.41) is 19.3. The van der Waals surface area contributed by atoms with Gasteiger partial charge in [0.1, 0.15) is 5.60 Å². The third-order valence-corrected chi connectivity index (χ3v) is 2.83. The summed E-state index contributed by atoms with van der Waals surface area (Å²) >= 11 is 0. The molecule has 0 unspecified atom stereocenters. The summed E-state index contributed by atoms with van der Waals surface area (Å²) in [6.45, 7) is 7.33. The molecule has 2 N–H and O–H groups in total. The van der Waals surface area contributed by atoms with Gasteiger partial charge in [0, 0.05) is 6.54 Å². The monoisotopic (exact) mass is 257 g/mol. The molecule has 0 aliphatic carbocycles. The average molecular weight is 257 g/mol. The number of carbonyl (C=O) groups is 1. The number of hydrogen-bond acceptors (Lipinski definition) is 4. The lowest BCUT2D eigenvalue weighted by Gasteiger charge is -2.33. The molecule has 2 atom stereocenters. The standard InChI is InChI=1S/C13H23NO4/c1-9-5-6-14(10(8-15)11(16)7-9)12(17)18-13(2,3)4/h5,10-11,15-16H,6-8H2,1-4H3/t10-,11+/m0/s1. The molecular weight excluding hydrogens is 234 g/mol. The average Bonchev–Trinajstić information content (AvgIpc) is 2.33. The minimum atomic E-state index is -0.763. The van der Waals surface area contributed by atoms with E-state index in [4.69, 9.17) is 4.74 Å². The third kappa shape index (κ3) is 3.99. The number of ether oxygens (including phenoxy) is 1. The Morgan fingerprint density at radius 2 is 2.17 bits per heavy atom. The maximum absolute atomic E-state index is 12.0. The molecule has 0 aromatic carbocycles. The third-order valence-electron chi connectivity index (χ3n) is 2.83. The highest BCUT2D eigenvalue weighted by Gasteiger charge is 2.33. The van der Waals surface area contributed by atoms with Crippen molar-refractivity contribution in [1.82, 2.24) is 4.90 Å². The minimum Gasteiger partial charge on any atom is -0.444 e. The van der Waals surface area contributed by atoms with Crippen molar-refractivity contribution in [1.29, 1.82) is 0 Å². The lowest BCUT2D eigenvalue weighted by atomic mass is 10.1. The van der Waals surface area contributed by atoms with E-state index in [-0.39, 0.29) is 6.61 Å². The zero-order chi connectivity index (χ0) is 13.9. The van der Waals surface area contributed by atoms with Gasteiger partial charge in [-0.3, -0.25) is 4.90 Å². The Hall–Kier alpha value is -1.07. The van der Waals surface area contributed by atoms with Crippen molar-refractivity contribution >= 4 is 6.09 Å². The van der Waals surface area contributed by atoms with Crippen LogP contribution < -0.4 is 0 Å². The molecule has 0 aromatic heterocycles. The van der Waals surface area contributed by atoms with E-state index in [2.05, 4.69) is 0 Å². The second-order valence-electron chi connectivity index (χ2n) is 5.70. The Morgan fingerprint density at radius 1 is 1.56 bits per heavy atom. The van der Waals surface area contributed by atoms with Crippen molar-refractivity contribution in [2.24, 2.45) is 0 Å². The Bertz CT molecular complexity index is 332. The highest BCUT2D eigenvalue weighted by molar-refractivity contribution is 5.69. The summed E-state index contributed by atoms with van der Waals surface area (Å²) in [5.41, 5.74) is 0.416. The molecular formula is C13H23NO4. The maximum atomic E-state index is 12.0. The Kier molecular flexibility index (Phi) is 4.76. The normalized spacial score (nSPS) is 25.4. The quantitative estimate of drug-likeness (QED) is 0.695. The van der Waals surface area contributed by atoms with Gasteiger partial charge in [0.25, 0.3) is 0 Å². The molecule has 1 aliphatic heterocycles. The van der Waals surface area contributed by atoms with E-state index in [0.29, 0.717) is 13.0 Å². The number of rotatable bonds is 1. The molecule has 0 aromatic rings. The van der Waals surface area contributed by atoms with Gasteiger partial charge < -0.3 is 14.9 Å². The van der Waals surface area contributed by atoms with Crippen LogP contribution in [-0.2, 0) is 4.74 Å². The van der Waals surface area contributed by atoms with Crippen molar-refractivity contribution < 1.29 is 19.7 Å². The van der Waals surface area contributed by atoms with Crippen LogP contribution in [0, 0.1) is 0 Å². The number of aliphatic hydroxyl groups is 2.